The van der Waals surface area contributed by atoms with Gasteiger partial charge in [0.05, 0.1) is 13.2 Å². The summed E-state index contributed by atoms with van der Waals surface area (Å²) in [6.45, 7) is 7.87. The van der Waals surface area contributed by atoms with Crippen LogP contribution in [0.3, 0.4) is 0 Å². The molecule has 2 rings (SSSR count). The lowest BCUT2D eigenvalue weighted by atomic mass is 10.1. The number of aryl methyl sites for hydroxylation is 1. The molecule has 0 amide bonds. The summed E-state index contributed by atoms with van der Waals surface area (Å²) in [6, 6.07) is 0. The first-order valence-corrected chi connectivity index (χ1v) is 6.86. The Morgan fingerprint density at radius 3 is 3.05 bits per heavy atom. The van der Waals surface area contributed by atoms with E-state index < -0.39 is 0 Å². The highest BCUT2D eigenvalue weighted by Crippen LogP contribution is 2.17. The van der Waals surface area contributed by atoms with Crippen LogP contribution in [0.15, 0.2) is 4.52 Å². The molecule has 0 aliphatic carbocycles. The second-order valence-electron chi connectivity index (χ2n) is 5.37. The molecule has 1 aliphatic rings. The van der Waals surface area contributed by atoms with Gasteiger partial charge in [-0.25, -0.2) is 0 Å². The molecule has 108 valence electrons. The first-order valence-electron chi connectivity index (χ1n) is 6.86. The lowest BCUT2D eigenvalue weighted by Gasteiger charge is -2.20. The van der Waals surface area contributed by atoms with E-state index in [1.165, 1.54) is 19.5 Å². The quantitative estimate of drug-likeness (QED) is 0.728. The Labute approximate surface area is 114 Å². The zero-order valence-corrected chi connectivity index (χ0v) is 12.1. The number of likely N-dealkylation sites (tertiary alicyclic amines) is 1. The summed E-state index contributed by atoms with van der Waals surface area (Å²) in [7, 11) is 3.87. The molecule has 0 N–H and O–H groups in total. The van der Waals surface area contributed by atoms with Crippen molar-refractivity contribution in [3.05, 3.63) is 11.7 Å². The number of aromatic nitrogens is 2. The van der Waals surface area contributed by atoms with Gasteiger partial charge in [0.15, 0.2) is 5.82 Å². The van der Waals surface area contributed by atoms with E-state index in [0.717, 1.165) is 38.0 Å². The molecule has 1 unspecified atom stereocenters. The normalized spacial score (nSPS) is 20.5. The summed E-state index contributed by atoms with van der Waals surface area (Å²) in [5.41, 5.74) is 0. The molecule has 1 saturated heterocycles. The van der Waals surface area contributed by atoms with Crippen molar-refractivity contribution in [3.8, 4) is 0 Å². The van der Waals surface area contributed by atoms with Gasteiger partial charge in [-0.2, -0.15) is 4.98 Å². The fourth-order valence-corrected chi connectivity index (χ4v) is 2.64. The van der Waals surface area contributed by atoms with Gasteiger partial charge in [0, 0.05) is 33.7 Å². The number of methoxy groups -OCH3 is 1. The predicted molar refractivity (Wildman–Crippen MR) is 71.8 cm³/mol. The van der Waals surface area contributed by atoms with Gasteiger partial charge in [0.1, 0.15) is 0 Å². The minimum absolute atomic E-state index is 0.634. The lowest BCUT2D eigenvalue weighted by molar-refractivity contribution is 0.156. The van der Waals surface area contributed by atoms with Gasteiger partial charge in [0.25, 0.3) is 0 Å². The van der Waals surface area contributed by atoms with Gasteiger partial charge < -0.3 is 14.2 Å². The van der Waals surface area contributed by atoms with Crippen molar-refractivity contribution in [2.75, 3.05) is 46.9 Å². The Bertz CT molecular complexity index is 382. The highest BCUT2D eigenvalue weighted by molar-refractivity contribution is 4.84. The second kappa shape index (κ2) is 6.98. The fraction of sp³-hybridized carbons (Fsp3) is 0.846. The highest BCUT2D eigenvalue weighted by Gasteiger charge is 2.23. The smallest absolute Gasteiger partial charge is 0.223 e. The Hall–Kier alpha value is -0.980. The van der Waals surface area contributed by atoms with E-state index in [2.05, 4.69) is 27.0 Å². The number of hydrogen-bond acceptors (Lipinski definition) is 6. The fourth-order valence-electron chi connectivity index (χ4n) is 2.64. The summed E-state index contributed by atoms with van der Waals surface area (Å²) in [4.78, 5) is 8.98. The maximum atomic E-state index is 5.12. The van der Waals surface area contributed by atoms with Crippen molar-refractivity contribution in [2.24, 2.45) is 5.92 Å². The van der Waals surface area contributed by atoms with E-state index in [0.29, 0.717) is 5.89 Å². The molecule has 1 aromatic rings. The molecule has 0 aromatic carbocycles. The molecule has 2 heterocycles. The van der Waals surface area contributed by atoms with Crippen LogP contribution in [0, 0.1) is 12.8 Å². The molecule has 6 nitrogen and oxygen atoms in total. The van der Waals surface area contributed by atoms with Crippen LogP contribution in [-0.4, -0.2) is 66.9 Å². The van der Waals surface area contributed by atoms with Crippen LogP contribution in [0.25, 0.3) is 0 Å². The van der Waals surface area contributed by atoms with E-state index in [1.54, 1.807) is 7.11 Å². The molecule has 0 saturated carbocycles. The van der Waals surface area contributed by atoms with Crippen molar-refractivity contribution in [2.45, 2.75) is 19.9 Å². The average Bonchev–Trinajstić information content (AvgIpc) is 2.96. The summed E-state index contributed by atoms with van der Waals surface area (Å²) >= 11 is 0. The number of hydrogen-bond donors (Lipinski definition) is 0. The summed E-state index contributed by atoms with van der Waals surface area (Å²) < 4.78 is 10.1. The van der Waals surface area contributed by atoms with E-state index in [1.807, 2.05) is 6.92 Å². The largest absolute Gasteiger partial charge is 0.383 e. The summed E-state index contributed by atoms with van der Waals surface area (Å²) in [6.07, 6.45) is 1.26. The minimum atomic E-state index is 0.634. The van der Waals surface area contributed by atoms with Crippen molar-refractivity contribution < 1.29 is 9.26 Å². The van der Waals surface area contributed by atoms with Gasteiger partial charge in [-0.3, -0.25) is 4.90 Å². The van der Waals surface area contributed by atoms with E-state index in [9.17, 15) is 0 Å². The zero-order valence-electron chi connectivity index (χ0n) is 12.1. The lowest BCUT2D eigenvalue weighted by Crippen LogP contribution is -2.29. The van der Waals surface area contributed by atoms with Crippen LogP contribution in [0.1, 0.15) is 18.1 Å². The highest BCUT2D eigenvalue weighted by atomic mass is 16.5. The topological polar surface area (TPSA) is 54.6 Å². The molecule has 6 heteroatoms. The third-order valence-electron chi connectivity index (χ3n) is 3.53. The molecule has 0 spiro atoms. The number of nitrogens with zero attached hydrogens (tertiary/aromatic N) is 4. The monoisotopic (exact) mass is 268 g/mol. The Morgan fingerprint density at radius 1 is 1.53 bits per heavy atom. The maximum Gasteiger partial charge on any atom is 0.223 e. The number of rotatable bonds is 7. The van der Waals surface area contributed by atoms with Crippen LogP contribution >= 0.6 is 0 Å². The first-order chi connectivity index (χ1) is 9.17. The third kappa shape index (κ3) is 4.56. The maximum absolute atomic E-state index is 5.12. The Kier molecular flexibility index (Phi) is 5.30. The molecular formula is C13H24N4O2. The molecular weight excluding hydrogens is 244 g/mol. The van der Waals surface area contributed by atoms with Crippen LogP contribution in [0.5, 0.6) is 0 Å². The van der Waals surface area contributed by atoms with E-state index in [4.69, 9.17) is 9.26 Å². The van der Waals surface area contributed by atoms with Gasteiger partial charge in [-0.05, 0) is 25.9 Å². The van der Waals surface area contributed by atoms with Crippen molar-refractivity contribution in [1.82, 2.24) is 19.9 Å². The van der Waals surface area contributed by atoms with Gasteiger partial charge in [0.2, 0.25) is 5.89 Å². The van der Waals surface area contributed by atoms with Crippen molar-refractivity contribution >= 4 is 0 Å². The van der Waals surface area contributed by atoms with Gasteiger partial charge >= 0.3 is 0 Å². The van der Waals surface area contributed by atoms with Crippen LogP contribution in [0.2, 0.25) is 0 Å². The molecule has 0 bridgehead atoms. The Balaban J connectivity index is 1.70. The van der Waals surface area contributed by atoms with Gasteiger partial charge in [-0.1, -0.05) is 5.16 Å². The van der Waals surface area contributed by atoms with E-state index in [-0.39, 0.29) is 0 Å². The van der Waals surface area contributed by atoms with E-state index >= 15 is 0 Å². The Morgan fingerprint density at radius 2 is 2.37 bits per heavy atom. The molecule has 1 aliphatic heterocycles. The summed E-state index contributed by atoms with van der Waals surface area (Å²) in [5.74, 6) is 2.14. The molecule has 1 aromatic heterocycles. The number of ether oxygens (including phenoxy) is 1. The van der Waals surface area contributed by atoms with Gasteiger partial charge in [-0.15, -0.1) is 0 Å². The first kappa shape index (κ1) is 14.4. The van der Waals surface area contributed by atoms with Crippen molar-refractivity contribution in [3.63, 3.8) is 0 Å². The second-order valence-corrected chi connectivity index (χ2v) is 5.37. The standard InChI is InChI=1S/C13H24N4O2/c1-11-14-13(15-19-11)10-16(2)8-12-4-5-17(9-12)6-7-18-3/h12H,4-10H2,1-3H3. The molecule has 0 radical (unpaired) electrons. The molecule has 1 fully saturated rings. The zero-order chi connectivity index (χ0) is 13.7. The third-order valence-corrected chi connectivity index (χ3v) is 3.53. The molecule has 1 atom stereocenters. The van der Waals surface area contributed by atoms with Crippen LogP contribution in [-0.2, 0) is 11.3 Å². The predicted octanol–water partition coefficient (Wildman–Crippen LogP) is 0.778. The van der Waals surface area contributed by atoms with Crippen LogP contribution in [0.4, 0.5) is 0 Å². The van der Waals surface area contributed by atoms with Crippen molar-refractivity contribution in [1.29, 1.82) is 0 Å². The average molecular weight is 268 g/mol. The minimum Gasteiger partial charge on any atom is -0.383 e. The summed E-state index contributed by atoms with van der Waals surface area (Å²) in [5, 5.41) is 3.93. The van der Waals surface area contributed by atoms with Crippen LogP contribution < -0.4 is 0 Å². The SMILES string of the molecule is COCCN1CCC(CN(C)Cc2noc(C)n2)C1. The molecule has 19 heavy (non-hydrogen) atoms.